The molecular formula is C13H22N3+. The quantitative estimate of drug-likeness (QED) is 0.716. The van der Waals surface area contributed by atoms with E-state index in [4.69, 9.17) is 0 Å². The molecule has 1 aromatic rings. The van der Waals surface area contributed by atoms with Gasteiger partial charge in [-0.15, -0.1) is 0 Å². The number of piperazine rings is 1. The topological polar surface area (TPSA) is 19.1 Å². The van der Waals surface area contributed by atoms with Gasteiger partial charge in [-0.1, -0.05) is 6.07 Å². The summed E-state index contributed by atoms with van der Waals surface area (Å²) in [4.78, 5) is 2.46. The molecule has 0 atom stereocenters. The Bertz CT molecular complexity index is 348. The Hall–Kier alpha value is -1.09. The maximum atomic E-state index is 3.39. The lowest BCUT2D eigenvalue weighted by atomic mass is 10.1. The molecule has 1 saturated heterocycles. The van der Waals surface area contributed by atoms with Crippen LogP contribution in [0.2, 0.25) is 0 Å². The number of hydrogen-bond donors (Lipinski definition) is 1. The Labute approximate surface area is 98.1 Å². The normalized spacial score (nSPS) is 17.6. The predicted octanol–water partition coefficient (Wildman–Crippen LogP) is 1.14. The molecule has 0 amide bonds. The van der Waals surface area contributed by atoms with Gasteiger partial charge >= 0.3 is 0 Å². The van der Waals surface area contributed by atoms with Crippen molar-refractivity contribution < 1.29 is 4.57 Å². The van der Waals surface area contributed by atoms with E-state index in [1.165, 1.54) is 5.82 Å². The first-order valence-electron chi connectivity index (χ1n) is 6.06. The highest BCUT2D eigenvalue weighted by molar-refractivity contribution is 5.33. The van der Waals surface area contributed by atoms with Crippen molar-refractivity contribution in [1.29, 1.82) is 0 Å². The van der Waals surface area contributed by atoms with E-state index in [2.05, 4.69) is 60.0 Å². The molecule has 1 aliphatic rings. The van der Waals surface area contributed by atoms with Crippen molar-refractivity contribution >= 4 is 5.82 Å². The average Bonchev–Trinajstić information content (AvgIpc) is 2.29. The van der Waals surface area contributed by atoms with Crippen LogP contribution in [-0.4, -0.2) is 26.2 Å². The maximum absolute atomic E-state index is 3.39. The van der Waals surface area contributed by atoms with E-state index < -0.39 is 0 Å². The molecule has 3 nitrogen and oxygen atoms in total. The summed E-state index contributed by atoms with van der Waals surface area (Å²) in [6.45, 7) is 11.1. The van der Waals surface area contributed by atoms with Crippen molar-refractivity contribution in [3.63, 3.8) is 0 Å². The van der Waals surface area contributed by atoms with Gasteiger partial charge in [0.25, 0.3) is 5.82 Å². The molecule has 2 heterocycles. The third-order valence-corrected chi connectivity index (χ3v) is 3.00. The molecule has 3 heteroatoms. The molecule has 0 radical (unpaired) electrons. The third kappa shape index (κ3) is 2.35. The molecule has 1 aliphatic heterocycles. The highest BCUT2D eigenvalue weighted by Gasteiger charge is 2.27. The Morgan fingerprint density at radius 1 is 1.19 bits per heavy atom. The highest BCUT2D eigenvalue weighted by atomic mass is 15.3. The lowest BCUT2D eigenvalue weighted by Crippen LogP contribution is -2.56. The zero-order valence-corrected chi connectivity index (χ0v) is 10.5. The molecule has 16 heavy (non-hydrogen) atoms. The van der Waals surface area contributed by atoms with Gasteiger partial charge in [0.15, 0.2) is 0 Å². The van der Waals surface area contributed by atoms with Gasteiger partial charge in [0.2, 0.25) is 0 Å². The zero-order chi connectivity index (χ0) is 11.6. The fraction of sp³-hybridized carbons (Fsp3) is 0.615. The average molecular weight is 220 g/mol. The van der Waals surface area contributed by atoms with Crippen LogP contribution in [0.15, 0.2) is 24.4 Å². The van der Waals surface area contributed by atoms with Crippen LogP contribution in [0.5, 0.6) is 0 Å². The van der Waals surface area contributed by atoms with E-state index in [-0.39, 0.29) is 5.54 Å². The summed E-state index contributed by atoms with van der Waals surface area (Å²) in [6, 6.07) is 6.45. The van der Waals surface area contributed by atoms with Gasteiger partial charge in [0.05, 0.1) is 19.3 Å². The zero-order valence-electron chi connectivity index (χ0n) is 10.5. The second-order valence-electron chi connectivity index (χ2n) is 5.34. The second kappa shape index (κ2) is 4.42. The Balaban J connectivity index is 2.32. The van der Waals surface area contributed by atoms with Crippen molar-refractivity contribution in [2.45, 2.75) is 26.3 Å². The van der Waals surface area contributed by atoms with E-state index in [0.29, 0.717) is 0 Å². The van der Waals surface area contributed by atoms with Gasteiger partial charge in [-0.2, -0.15) is 0 Å². The van der Waals surface area contributed by atoms with E-state index in [1.54, 1.807) is 0 Å². The van der Waals surface area contributed by atoms with Gasteiger partial charge in [-0.05, 0) is 26.8 Å². The van der Waals surface area contributed by atoms with Crippen LogP contribution in [0.25, 0.3) is 0 Å². The van der Waals surface area contributed by atoms with E-state index >= 15 is 0 Å². The molecule has 1 aromatic heterocycles. The summed E-state index contributed by atoms with van der Waals surface area (Å²) in [7, 11) is 0. The minimum absolute atomic E-state index is 0.140. The molecule has 1 N–H and O–H groups in total. The summed E-state index contributed by atoms with van der Waals surface area (Å²) in [5.41, 5.74) is 0.140. The van der Waals surface area contributed by atoms with Crippen molar-refractivity contribution in [2.24, 2.45) is 0 Å². The van der Waals surface area contributed by atoms with E-state index in [1.807, 2.05) is 0 Å². The van der Waals surface area contributed by atoms with Crippen LogP contribution in [0, 0.1) is 0 Å². The summed E-state index contributed by atoms with van der Waals surface area (Å²) in [6.07, 6.45) is 2.18. The maximum Gasteiger partial charge on any atom is 0.276 e. The van der Waals surface area contributed by atoms with Crippen LogP contribution in [0.4, 0.5) is 5.82 Å². The monoisotopic (exact) mass is 220 g/mol. The summed E-state index contributed by atoms with van der Waals surface area (Å²) in [5.74, 6) is 1.33. The lowest BCUT2D eigenvalue weighted by molar-refractivity contribution is -0.742. The fourth-order valence-corrected chi connectivity index (χ4v) is 2.15. The minimum Gasteiger partial charge on any atom is -0.309 e. The summed E-state index contributed by atoms with van der Waals surface area (Å²) >= 11 is 0. The first-order chi connectivity index (χ1) is 7.59. The number of hydrogen-bond acceptors (Lipinski definition) is 2. The molecule has 2 rings (SSSR count). The Kier molecular flexibility index (Phi) is 3.15. The van der Waals surface area contributed by atoms with Gasteiger partial charge in [0.1, 0.15) is 5.54 Å². The molecule has 0 spiro atoms. The van der Waals surface area contributed by atoms with Crippen molar-refractivity contribution in [2.75, 3.05) is 31.1 Å². The number of rotatable bonds is 1. The number of pyridine rings is 1. The Morgan fingerprint density at radius 3 is 2.50 bits per heavy atom. The first-order valence-corrected chi connectivity index (χ1v) is 6.06. The molecule has 1 fully saturated rings. The van der Waals surface area contributed by atoms with Gasteiger partial charge in [-0.25, -0.2) is 4.57 Å². The smallest absolute Gasteiger partial charge is 0.276 e. The number of anilines is 1. The molecule has 0 saturated carbocycles. The number of aromatic nitrogens is 1. The van der Waals surface area contributed by atoms with E-state index in [9.17, 15) is 0 Å². The molecule has 88 valence electrons. The molecule has 0 bridgehead atoms. The Morgan fingerprint density at radius 2 is 1.88 bits per heavy atom. The summed E-state index contributed by atoms with van der Waals surface area (Å²) < 4.78 is 2.36. The third-order valence-electron chi connectivity index (χ3n) is 3.00. The van der Waals surface area contributed by atoms with Crippen LogP contribution in [0.3, 0.4) is 0 Å². The largest absolute Gasteiger partial charge is 0.309 e. The van der Waals surface area contributed by atoms with Crippen molar-refractivity contribution in [3.8, 4) is 0 Å². The molecule has 0 unspecified atom stereocenters. The van der Waals surface area contributed by atoms with Crippen LogP contribution in [-0.2, 0) is 5.54 Å². The SMILES string of the molecule is CC(C)(C)[n+]1ccccc1N1CCNCC1. The summed E-state index contributed by atoms with van der Waals surface area (Å²) in [5, 5.41) is 3.39. The highest BCUT2D eigenvalue weighted by Crippen LogP contribution is 2.14. The standard InChI is InChI=1S/C13H22N3/c1-13(2,3)16-9-5-4-6-12(16)15-10-7-14-8-11-15/h4-6,9,14H,7-8,10-11H2,1-3H3/q+1. The van der Waals surface area contributed by atoms with E-state index in [0.717, 1.165) is 26.2 Å². The van der Waals surface area contributed by atoms with Crippen molar-refractivity contribution in [3.05, 3.63) is 24.4 Å². The fourth-order valence-electron chi connectivity index (χ4n) is 2.15. The molecular weight excluding hydrogens is 198 g/mol. The van der Waals surface area contributed by atoms with Crippen LogP contribution < -0.4 is 14.8 Å². The van der Waals surface area contributed by atoms with Gasteiger partial charge in [-0.3, -0.25) is 4.90 Å². The van der Waals surface area contributed by atoms with Crippen LogP contribution in [0.1, 0.15) is 20.8 Å². The lowest BCUT2D eigenvalue weighted by Gasteiger charge is -2.28. The molecule has 0 aromatic carbocycles. The van der Waals surface area contributed by atoms with Gasteiger partial charge < -0.3 is 5.32 Å². The minimum atomic E-state index is 0.140. The predicted molar refractivity (Wildman–Crippen MR) is 66.7 cm³/mol. The molecule has 0 aliphatic carbocycles. The van der Waals surface area contributed by atoms with Gasteiger partial charge in [0, 0.05) is 19.2 Å². The number of nitrogens with zero attached hydrogens (tertiary/aromatic N) is 2. The van der Waals surface area contributed by atoms with Crippen molar-refractivity contribution in [1.82, 2.24) is 5.32 Å². The first kappa shape index (κ1) is 11.4. The number of nitrogens with one attached hydrogen (secondary N) is 1. The van der Waals surface area contributed by atoms with Crippen LogP contribution >= 0.6 is 0 Å². The second-order valence-corrected chi connectivity index (χ2v) is 5.34.